The Hall–Kier alpha value is -3.26. The summed E-state index contributed by atoms with van der Waals surface area (Å²) in [6.07, 6.45) is -0.189. The number of anilines is 1. The van der Waals surface area contributed by atoms with E-state index in [1.165, 1.54) is 0 Å². The zero-order valence-corrected chi connectivity index (χ0v) is 16.5. The lowest BCUT2D eigenvalue weighted by atomic mass is 10.2. The number of nitrogens with zero attached hydrogens (tertiary/aromatic N) is 1. The Morgan fingerprint density at radius 3 is 2.55 bits per heavy atom. The van der Waals surface area contributed by atoms with E-state index in [0.29, 0.717) is 36.9 Å². The zero-order valence-electron chi connectivity index (χ0n) is 16.5. The van der Waals surface area contributed by atoms with Crippen molar-refractivity contribution in [2.24, 2.45) is 0 Å². The van der Waals surface area contributed by atoms with Gasteiger partial charge in [0.2, 0.25) is 5.91 Å². The molecule has 0 aromatic heterocycles. The Morgan fingerprint density at radius 2 is 1.86 bits per heavy atom. The highest BCUT2D eigenvalue weighted by Crippen LogP contribution is 2.30. The van der Waals surface area contributed by atoms with Crippen LogP contribution in [0.5, 0.6) is 17.2 Å². The van der Waals surface area contributed by atoms with Gasteiger partial charge in [-0.2, -0.15) is 0 Å². The molecule has 0 saturated heterocycles. The summed E-state index contributed by atoms with van der Waals surface area (Å²) in [5, 5.41) is 4.96. The third kappa shape index (κ3) is 5.86. The normalized spacial score (nSPS) is 14.9. The largest absolute Gasteiger partial charge is 0.497 e. The van der Waals surface area contributed by atoms with E-state index in [4.69, 9.17) is 14.2 Å². The molecule has 8 heteroatoms. The molecule has 0 saturated carbocycles. The van der Waals surface area contributed by atoms with Gasteiger partial charge in [-0.05, 0) is 42.9 Å². The number of ether oxygens (including phenoxy) is 3. The average molecular weight is 399 g/mol. The van der Waals surface area contributed by atoms with Crippen LogP contribution in [-0.4, -0.2) is 56.3 Å². The topological polar surface area (TPSA) is 89.1 Å². The van der Waals surface area contributed by atoms with Crippen LogP contribution in [0.4, 0.5) is 10.5 Å². The Morgan fingerprint density at radius 1 is 1.14 bits per heavy atom. The molecule has 1 atom stereocenters. The van der Waals surface area contributed by atoms with Crippen molar-refractivity contribution in [3.05, 3.63) is 48.5 Å². The lowest BCUT2D eigenvalue weighted by molar-refractivity contribution is -0.121. The van der Waals surface area contributed by atoms with E-state index in [1.807, 2.05) is 36.1 Å². The highest BCUT2D eigenvalue weighted by molar-refractivity contribution is 6.01. The number of carbonyl (C=O) groups excluding carboxylic acids is 2. The van der Waals surface area contributed by atoms with Gasteiger partial charge in [-0.1, -0.05) is 19.1 Å². The second-order valence-corrected chi connectivity index (χ2v) is 6.56. The average Bonchev–Trinajstić information content (AvgIpc) is 2.73. The lowest BCUT2D eigenvalue weighted by Crippen LogP contribution is -2.46. The summed E-state index contributed by atoms with van der Waals surface area (Å²) < 4.78 is 16.7. The van der Waals surface area contributed by atoms with Gasteiger partial charge in [-0.25, -0.2) is 4.79 Å². The molecule has 1 unspecified atom stereocenters. The van der Waals surface area contributed by atoms with E-state index in [-0.39, 0.29) is 12.6 Å². The van der Waals surface area contributed by atoms with Gasteiger partial charge < -0.3 is 19.5 Å². The predicted octanol–water partition coefficient (Wildman–Crippen LogP) is 2.51. The van der Waals surface area contributed by atoms with Crippen molar-refractivity contribution < 1.29 is 23.8 Å². The number of imide groups is 1. The van der Waals surface area contributed by atoms with Crippen LogP contribution in [0.25, 0.3) is 0 Å². The van der Waals surface area contributed by atoms with Gasteiger partial charge in [-0.3, -0.25) is 15.0 Å². The molecule has 0 spiro atoms. The summed E-state index contributed by atoms with van der Waals surface area (Å²) in [7, 11) is 1.57. The molecule has 154 valence electrons. The molecule has 8 nitrogen and oxygen atoms in total. The van der Waals surface area contributed by atoms with Crippen LogP contribution in [0.1, 0.15) is 6.92 Å². The molecule has 0 bridgehead atoms. The molecule has 3 amide bonds. The van der Waals surface area contributed by atoms with Gasteiger partial charge >= 0.3 is 6.03 Å². The maximum atomic E-state index is 12.2. The van der Waals surface area contributed by atoms with Crippen LogP contribution in [0.15, 0.2) is 48.5 Å². The van der Waals surface area contributed by atoms with Crippen LogP contribution in [0.2, 0.25) is 0 Å². The number of amides is 3. The number of hydrogen-bond acceptors (Lipinski definition) is 6. The van der Waals surface area contributed by atoms with Crippen molar-refractivity contribution in [2.45, 2.75) is 13.0 Å². The van der Waals surface area contributed by atoms with Gasteiger partial charge in [0.15, 0.2) is 11.5 Å². The van der Waals surface area contributed by atoms with E-state index in [2.05, 4.69) is 10.6 Å². The summed E-state index contributed by atoms with van der Waals surface area (Å²) in [5.41, 5.74) is 0.565. The van der Waals surface area contributed by atoms with Crippen LogP contribution >= 0.6 is 0 Å². The zero-order chi connectivity index (χ0) is 20.6. The number of fused-ring (bicyclic) bond motifs is 1. The molecule has 2 aromatic carbocycles. The fraction of sp³-hybridized carbons (Fsp3) is 0.333. The van der Waals surface area contributed by atoms with E-state index in [0.717, 1.165) is 5.75 Å². The first-order chi connectivity index (χ1) is 14.1. The molecule has 0 aliphatic carbocycles. The molecule has 3 rings (SSSR count). The first kappa shape index (κ1) is 20.5. The number of urea groups is 1. The number of para-hydroxylation sites is 2. The molecule has 2 N–H and O–H groups in total. The number of carbonyl (C=O) groups is 2. The monoisotopic (exact) mass is 399 g/mol. The predicted molar refractivity (Wildman–Crippen MR) is 109 cm³/mol. The van der Waals surface area contributed by atoms with Crippen molar-refractivity contribution in [1.29, 1.82) is 0 Å². The molecule has 1 heterocycles. The first-order valence-corrected chi connectivity index (χ1v) is 9.43. The SMILES string of the molecule is CCN(CC(=O)NC(=O)Nc1ccc(OC)cc1)CC1COc2ccccc2O1. The van der Waals surface area contributed by atoms with E-state index in [1.54, 1.807) is 31.4 Å². The fourth-order valence-electron chi connectivity index (χ4n) is 2.95. The van der Waals surface area contributed by atoms with E-state index in [9.17, 15) is 9.59 Å². The minimum Gasteiger partial charge on any atom is -0.497 e. The van der Waals surface area contributed by atoms with E-state index < -0.39 is 11.9 Å². The number of rotatable bonds is 7. The number of likely N-dealkylation sites (N-methyl/N-ethyl adjacent to an activating group) is 1. The molecule has 1 aliphatic heterocycles. The smallest absolute Gasteiger partial charge is 0.325 e. The summed E-state index contributed by atoms with van der Waals surface area (Å²) in [4.78, 5) is 26.2. The number of hydrogen-bond donors (Lipinski definition) is 2. The highest BCUT2D eigenvalue weighted by atomic mass is 16.6. The maximum absolute atomic E-state index is 12.2. The van der Waals surface area contributed by atoms with Crippen LogP contribution in [0, 0.1) is 0 Å². The van der Waals surface area contributed by atoms with Crippen LogP contribution in [-0.2, 0) is 4.79 Å². The summed E-state index contributed by atoms with van der Waals surface area (Å²) in [6, 6.07) is 13.7. The second-order valence-electron chi connectivity index (χ2n) is 6.56. The standard InChI is InChI=1S/C21H25N3O5/c1-3-24(12-17-14-28-18-6-4-5-7-19(18)29-17)13-20(25)23-21(26)22-15-8-10-16(27-2)11-9-15/h4-11,17H,3,12-14H2,1-2H3,(H2,22,23,25,26). The number of benzene rings is 2. The van der Waals surface area contributed by atoms with Crippen molar-refractivity contribution in [1.82, 2.24) is 10.2 Å². The molecule has 0 radical (unpaired) electrons. The maximum Gasteiger partial charge on any atom is 0.325 e. The Labute approximate surface area is 169 Å². The second kappa shape index (κ2) is 9.79. The third-order valence-corrected chi connectivity index (χ3v) is 4.44. The van der Waals surface area contributed by atoms with Crippen molar-refractivity contribution in [3.63, 3.8) is 0 Å². The Kier molecular flexibility index (Phi) is 6.91. The van der Waals surface area contributed by atoms with Crippen molar-refractivity contribution in [2.75, 3.05) is 38.7 Å². The van der Waals surface area contributed by atoms with Gasteiger partial charge in [-0.15, -0.1) is 0 Å². The van der Waals surface area contributed by atoms with Crippen molar-refractivity contribution in [3.8, 4) is 17.2 Å². The van der Waals surface area contributed by atoms with Gasteiger partial charge in [0.25, 0.3) is 0 Å². The number of methoxy groups -OCH3 is 1. The molecule has 1 aliphatic rings. The first-order valence-electron chi connectivity index (χ1n) is 9.43. The van der Waals surface area contributed by atoms with Gasteiger partial charge in [0.05, 0.1) is 13.7 Å². The third-order valence-electron chi connectivity index (χ3n) is 4.44. The molecular weight excluding hydrogens is 374 g/mol. The summed E-state index contributed by atoms with van der Waals surface area (Å²) in [5.74, 6) is 1.71. The Balaban J connectivity index is 1.46. The molecule has 29 heavy (non-hydrogen) atoms. The van der Waals surface area contributed by atoms with Crippen molar-refractivity contribution >= 4 is 17.6 Å². The van der Waals surface area contributed by atoms with Gasteiger partial charge in [0, 0.05) is 12.2 Å². The lowest BCUT2D eigenvalue weighted by Gasteiger charge is -2.30. The minimum absolute atomic E-state index is 0.0774. The minimum atomic E-state index is -0.581. The van der Waals surface area contributed by atoms with E-state index >= 15 is 0 Å². The number of nitrogens with one attached hydrogen (secondary N) is 2. The highest BCUT2D eigenvalue weighted by Gasteiger charge is 2.23. The molecule has 2 aromatic rings. The molecule has 0 fully saturated rings. The fourth-order valence-corrected chi connectivity index (χ4v) is 2.95. The van der Waals surface area contributed by atoms with Crippen LogP contribution in [0.3, 0.4) is 0 Å². The quantitative estimate of drug-likeness (QED) is 0.744. The summed E-state index contributed by atoms with van der Waals surface area (Å²) in [6.45, 7) is 3.58. The molecular formula is C21H25N3O5. The van der Waals surface area contributed by atoms with Crippen LogP contribution < -0.4 is 24.8 Å². The Bertz CT molecular complexity index is 840. The van der Waals surface area contributed by atoms with Gasteiger partial charge in [0.1, 0.15) is 18.5 Å². The summed E-state index contributed by atoms with van der Waals surface area (Å²) >= 11 is 0.